The first-order chi connectivity index (χ1) is 12.0. The van der Waals surface area contributed by atoms with Crippen molar-refractivity contribution >= 4 is 17.5 Å². The van der Waals surface area contributed by atoms with Crippen molar-refractivity contribution in [3.8, 4) is 0 Å². The molecule has 5 nitrogen and oxygen atoms in total. The summed E-state index contributed by atoms with van der Waals surface area (Å²) < 4.78 is 0. The summed E-state index contributed by atoms with van der Waals surface area (Å²) in [6.07, 6.45) is 0.579. The molecule has 0 saturated heterocycles. The minimum Gasteiger partial charge on any atom is -0.396 e. The molecule has 0 bridgehead atoms. The Kier molecular flexibility index (Phi) is 6.71. The summed E-state index contributed by atoms with van der Waals surface area (Å²) in [7, 11) is 0. The summed E-state index contributed by atoms with van der Waals surface area (Å²) in [5.74, 6) is -0.325. The van der Waals surface area contributed by atoms with Gasteiger partial charge in [0.1, 0.15) is 0 Å². The van der Waals surface area contributed by atoms with Crippen molar-refractivity contribution in [3.05, 3.63) is 65.2 Å². The lowest BCUT2D eigenvalue weighted by atomic mass is 9.96. The van der Waals surface area contributed by atoms with Crippen LogP contribution in [0.25, 0.3) is 0 Å². The highest BCUT2D eigenvalue weighted by atomic mass is 16.3. The molecule has 0 spiro atoms. The van der Waals surface area contributed by atoms with Gasteiger partial charge in [-0.2, -0.15) is 0 Å². The van der Waals surface area contributed by atoms with Crippen molar-refractivity contribution < 1.29 is 14.7 Å². The zero-order chi connectivity index (χ0) is 18.2. The molecule has 0 saturated carbocycles. The van der Waals surface area contributed by atoms with Crippen LogP contribution in [0, 0.1) is 6.92 Å². The fourth-order valence-electron chi connectivity index (χ4n) is 2.67. The number of nitrogens with one attached hydrogen (secondary N) is 2. The van der Waals surface area contributed by atoms with Crippen molar-refractivity contribution in [1.29, 1.82) is 0 Å². The van der Waals surface area contributed by atoms with E-state index in [9.17, 15) is 14.7 Å². The third kappa shape index (κ3) is 5.43. The topological polar surface area (TPSA) is 78.4 Å². The fourth-order valence-corrected chi connectivity index (χ4v) is 2.67. The van der Waals surface area contributed by atoms with Crippen LogP contribution in [0.3, 0.4) is 0 Å². The molecule has 0 radical (unpaired) electrons. The minimum absolute atomic E-state index is 0.0513. The van der Waals surface area contributed by atoms with Crippen LogP contribution in [0.15, 0.2) is 48.5 Å². The van der Waals surface area contributed by atoms with Crippen LogP contribution in [-0.2, 0) is 4.79 Å². The molecule has 1 atom stereocenters. The van der Waals surface area contributed by atoms with Gasteiger partial charge in [-0.1, -0.05) is 36.4 Å². The Hall–Kier alpha value is -2.66. The normalized spacial score (nSPS) is 11.6. The van der Waals surface area contributed by atoms with Crippen LogP contribution in [0.2, 0.25) is 0 Å². The Morgan fingerprint density at radius 3 is 2.48 bits per heavy atom. The standard InChI is InChI=1S/C20H24N2O3/c1-14-8-9-17(12-19(14)22-15(2)24)20(25)21-13-18(10-11-23)16-6-4-3-5-7-16/h3-9,12,18,23H,10-11,13H2,1-2H3,(H,21,25)(H,22,24). The molecule has 2 aromatic carbocycles. The van der Waals surface area contributed by atoms with Gasteiger partial charge < -0.3 is 15.7 Å². The molecule has 25 heavy (non-hydrogen) atoms. The fraction of sp³-hybridized carbons (Fsp3) is 0.300. The lowest BCUT2D eigenvalue weighted by Crippen LogP contribution is -2.29. The lowest BCUT2D eigenvalue weighted by Gasteiger charge is -2.17. The Morgan fingerprint density at radius 1 is 1.12 bits per heavy atom. The van der Waals surface area contributed by atoms with E-state index in [0.717, 1.165) is 11.1 Å². The molecule has 2 amide bonds. The quantitative estimate of drug-likeness (QED) is 0.725. The molecule has 0 aliphatic rings. The van der Waals surface area contributed by atoms with E-state index in [1.54, 1.807) is 12.1 Å². The van der Waals surface area contributed by atoms with Crippen molar-refractivity contribution in [1.82, 2.24) is 5.32 Å². The third-order valence-corrected chi connectivity index (χ3v) is 4.07. The van der Waals surface area contributed by atoms with Gasteiger partial charge in [0.15, 0.2) is 0 Å². The van der Waals surface area contributed by atoms with Gasteiger partial charge in [0.05, 0.1) is 0 Å². The molecule has 132 valence electrons. The third-order valence-electron chi connectivity index (χ3n) is 4.07. The van der Waals surface area contributed by atoms with Crippen LogP contribution in [0.1, 0.15) is 40.7 Å². The molecular formula is C20H24N2O3. The zero-order valence-electron chi connectivity index (χ0n) is 14.6. The minimum atomic E-state index is -0.203. The van der Waals surface area contributed by atoms with Crippen LogP contribution < -0.4 is 10.6 Å². The number of aliphatic hydroxyl groups is 1. The number of benzene rings is 2. The van der Waals surface area contributed by atoms with E-state index in [1.165, 1.54) is 6.92 Å². The molecule has 0 aliphatic carbocycles. The predicted molar refractivity (Wildman–Crippen MR) is 98.7 cm³/mol. The van der Waals surface area contributed by atoms with Crippen LogP contribution >= 0.6 is 0 Å². The number of anilines is 1. The SMILES string of the molecule is CC(=O)Nc1cc(C(=O)NCC(CCO)c2ccccc2)ccc1C. The van der Waals surface area contributed by atoms with Crippen LogP contribution in [-0.4, -0.2) is 30.1 Å². The number of aliphatic hydroxyl groups excluding tert-OH is 1. The highest BCUT2D eigenvalue weighted by molar-refractivity contribution is 5.97. The predicted octanol–water partition coefficient (Wildman–Crippen LogP) is 2.85. The molecule has 0 aromatic heterocycles. The van der Waals surface area contributed by atoms with Gasteiger partial charge in [-0.05, 0) is 36.6 Å². The molecule has 2 rings (SSSR count). The Balaban J connectivity index is 2.07. The van der Waals surface area contributed by atoms with Gasteiger partial charge in [0, 0.05) is 37.2 Å². The van der Waals surface area contributed by atoms with Gasteiger partial charge >= 0.3 is 0 Å². The number of carbonyl (C=O) groups is 2. The lowest BCUT2D eigenvalue weighted by molar-refractivity contribution is -0.114. The van der Waals surface area contributed by atoms with Crippen molar-refractivity contribution in [2.45, 2.75) is 26.2 Å². The molecule has 3 N–H and O–H groups in total. The number of hydrogen-bond acceptors (Lipinski definition) is 3. The first-order valence-corrected chi connectivity index (χ1v) is 8.33. The summed E-state index contributed by atoms with van der Waals surface area (Å²) in [5, 5.41) is 14.9. The van der Waals surface area contributed by atoms with Crippen LogP contribution in [0.5, 0.6) is 0 Å². The second-order valence-corrected chi connectivity index (χ2v) is 6.04. The maximum absolute atomic E-state index is 12.4. The Morgan fingerprint density at radius 2 is 1.84 bits per heavy atom. The van der Waals surface area contributed by atoms with Crippen LogP contribution in [0.4, 0.5) is 5.69 Å². The molecule has 2 aromatic rings. The van der Waals surface area contributed by atoms with Crippen molar-refractivity contribution in [2.75, 3.05) is 18.5 Å². The number of amides is 2. The largest absolute Gasteiger partial charge is 0.396 e. The van der Waals surface area contributed by atoms with E-state index in [0.29, 0.717) is 24.2 Å². The summed E-state index contributed by atoms with van der Waals surface area (Å²) in [4.78, 5) is 23.7. The van der Waals surface area contributed by atoms with Gasteiger partial charge in [-0.3, -0.25) is 9.59 Å². The number of carbonyl (C=O) groups excluding carboxylic acids is 2. The van der Waals surface area contributed by atoms with E-state index in [2.05, 4.69) is 10.6 Å². The first-order valence-electron chi connectivity index (χ1n) is 8.33. The number of aryl methyl sites for hydroxylation is 1. The number of hydrogen-bond donors (Lipinski definition) is 3. The average molecular weight is 340 g/mol. The summed E-state index contributed by atoms with van der Waals surface area (Å²) >= 11 is 0. The maximum Gasteiger partial charge on any atom is 0.251 e. The van der Waals surface area contributed by atoms with Gasteiger partial charge in [-0.15, -0.1) is 0 Å². The highest BCUT2D eigenvalue weighted by Gasteiger charge is 2.14. The molecule has 0 heterocycles. The smallest absolute Gasteiger partial charge is 0.251 e. The first kappa shape index (κ1) is 18.7. The van der Waals surface area contributed by atoms with Crippen molar-refractivity contribution in [3.63, 3.8) is 0 Å². The van der Waals surface area contributed by atoms with E-state index >= 15 is 0 Å². The Labute approximate surface area is 148 Å². The second-order valence-electron chi connectivity index (χ2n) is 6.04. The van der Waals surface area contributed by atoms with Crippen molar-refractivity contribution in [2.24, 2.45) is 0 Å². The molecule has 1 unspecified atom stereocenters. The highest BCUT2D eigenvalue weighted by Crippen LogP contribution is 2.20. The zero-order valence-corrected chi connectivity index (χ0v) is 14.6. The van der Waals surface area contributed by atoms with Gasteiger partial charge in [0.25, 0.3) is 5.91 Å². The molecule has 5 heteroatoms. The van der Waals surface area contributed by atoms with E-state index in [1.807, 2.05) is 43.3 Å². The second kappa shape index (κ2) is 8.99. The molecular weight excluding hydrogens is 316 g/mol. The molecule has 0 aliphatic heterocycles. The maximum atomic E-state index is 12.4. The average Bonchev–Trinajstić information content (AvgIpc) is 2.60. The number of rotatable bonds is 7. The Bertz CT molecular complexity index is 729. The van der Waals surface area contributed by atoms with Gasteiger partial charge in [-0.25, -0.2) is 0 Å². The van der Waals surface area contributed by atoms with E-state index in [-0.39, 0.29) is 24.3 Å². The van der Waals surface area contributed by atoms with E-state index < -0.39 is 0 Å². The van der Waals surface area contributed by atoms with Gasteiger partial charge in [0.2, 0.25) is 5.91 Å². The summed E-state index contributed by atoms with van der Waals surface area (Å²) in [5.41, 5.74) is 3.11. The summed E-state index contributed by atoms with van der Waals surface area (Å²) in [6.45, 7) is 3.81. The molecule has 0 fully saturated rings. The summed E-state index contributed by atoms with van der Waals surface area (Å²) in [6, 6.07) is 15.0. The monoisotopic (exact) mass is 340 g/mol. The van der Waals surface area contributed by atoms with E-state index in [4.69, 9.17) is 0 Å².